The molecule has 0 aliphatic rings. The second-order valence-corrected chi connectivity index (χ2v) is 3.95. The van der Waals surface area contributed by atoms with Gasteiger partial charge in [-0.05, 0) is 24.3 Å². The van der Waals surface area contributed by atoms with Crippen LogP contribution in [0.3, 0.4) is 0 Å². The van der Waals surface area contributed by atoms with Crippen molar-refractivity contribution in [3.63, 3.8) is 0 Å². The van der Waals surface area contributed by atoms with Crippen molar-refractivity contribution in [1.82, 2.24) is 4.98 Å². The number of nitrogens with two attached hydrogens (primary N) is 1. The zero-order valence-corrected chi connectivity index (χ0v) is 10.4. The van der Waals surface area contributed by atoms with Crippen molar-refractivity contribution < 1.29 is 9.21 Å². The molecule has 0 atom stereocenters. The molecular weight excluding hydrogens is 244 g/mol. The standard InChI is InChI=1S/C13H16N4O2/c14-6-5-13(18)17-10-3-4-12(15-8-10)16-9-11-2-1-7-19-11/h1-4,7-8H,5-6,9,14H2,(H,15,16)(H,17,18). The highest BCUT2D eigenvalue weighted by molar-refractivity contribution is 5.90. The summed E-state index contributed by atoms with van der Waals surface area (Å²) in [7, 11) is 0. The van der Waals surface area contributed by atoms with Gasteiger partial charge in [0.2, 0.25) is 5.91 Å². The first-order valence-electron chi connectivity index (χ1n) is 6.00. The Morgan fingerprint density at radius 1 is 1.37 bits per heavy atom. The molecule has 19 heavy (non-hydrogen) atoms. The normalized spacial score (nSPS) is 10.2. The number of rotatable bonds is 6. The molecule has 0 spiro atoms. The topological polar surface area (TPSA) is 93.2 Å². The van der Waals surface area contributed by atoms with Gasteiger partial charge < -0.3 is 20.8 Å². The van der Waals surface area contributed by atoms with E-state index in [2.05, 4.69) is 15.6 Å². The quantitative estimate of drug-likeness (QED) is 0.733. The summed E-state index contributed by atoms with van der Waals surface area (Å²) in [4.78, 5) is 15.5. The van der Waals surface area contributed by atoms with Crippen LogP contribution in [0.5, 0.6) is 0 Å². The lowest BCUT2D eigenvalue weighted by Gasteiger charge is -2.06. The molecule has 0 unspecified atom stereocenters. The van der Waals surface area contributed by atoms with Crippen molar-refractivity contribution in [1.29, 1.82) is 0 Å². The number of anilines is 2. The number of hydrogen-bond donors (Lipinski definition) is 3. The monoisotopic (exact) mass is 260 g/mol. The average molecular weight is 260 g/mol. The first kappa shape index (κ1) is 13.1. The van der Waals surface area contributed by atoms with E-state index in [0.717, 1.165) is 5.76 Å². The number of carbonyl (C=O) groups excluding carboxylic acids is 1. The Morgan fingerprint density at radius 2 is 2.26 bits per heavy atom. The highest BCUT2D eigenvalue weighted by Gasteiger charge is 2.02. The Morgan fingerprint density at radius 3 is 2.89 bits per heavy atom. The number of carbonyl (C=O) groups is 1. The maximum absolute atomic E-state index is 11.3. The van der Waals surface area contributed by atoms with Crippen LogP contribution in [0.25, 0.3) is 0 Å². The maximum atomic E-state index is 11.3. The van der Waals surface area contributed by atoms with Gasteiger partial charge in [0.25, 0.3) is 0 Å². The van der Waals surface area contributed by atoms with Crippen LogP contribution in [0.2, 0.25) is 0 Å². The van der Waals surface area contributed by atoms with Crippen molar-refractivity contribution in [2.24, 2.45) is 5.73 Å². The third-order valence-electron chi connectivity index (χ3n) is 2.44. The molecule has 2 heterocycles. The summed E-state index contributed by atoms with van der Waals surface area (Å²) in [6.07, 6.45) is 3.53. The van der Waals surface area contributed by atoms with Gasteiger partial charge in [-0.3, -0.25) is 4.79 Å². The Balaban J connectivity index is 1.85. The van der Waals surface area contributed by atoms with Crippen molar-refractivity contribution >= 4 is 17.4 Å². The summed E-state index contributed by atoms with van der Waals surface area (Å²) < 4.78 is 5.20. The van der Waals surface area contributed by atoms with Gasteiger partial charge in [0, 0.05) is 13.0 Å². The Kier molecular flexibility index (Phi) is 4.52. The van der Waals surface area contributed by atoms with Crippen molar-refractivity contribution in [3.8, 4) is 0 Å². The van der Waals surface area contributed by atoms with Crippen LogP contribution in [-0.2, 0) is 11.3 Å². The Hall–Kier alpha value is -2.34. The van der Waals surface area contributed by atoms with Crippen LogP contribution in [0.1, 0.15) is 12.2 Å². The van der Waals surface area contributed by atoms with Crippen LogP contribution >= 0.6 is 0 Å². The summed E-state index contributed by atoms with van der Waals surface area (Å²) in [5, 5.41) is 5.83. The van der Waals surface area contributed by atoms with Crippen molar-refractivity contribution in [3.05, 3.63) is 42.5 Å². The number of nitrogens with one attached hydrogen (secondary N) is 2. The van der Waals surface area contributed by atoms with Gasteiger partial charge in [-0.1, -0.05) is 0 Å². The number of hydrogen-bond acceptors (Lipinski definition) is 5. The summed E-state index contributed by atoms with van der Waals surface area (Å²) in [6.45, 7) is 0.904. The van der Waals surface area contributed by atoms with Gasteiger partial charge in [-0.2, -0.15) is 0 Å². The lowest BCUT2D eigenvalue weighted by Crippen LogP contribution is -2.16. The summed E-state index contributed by atoms with van der Waals surface area (Å²) in [5.41, 5.74) is 5.95. The molecule has 0 fully saturated rings. The average Bonchev–Trinajstić information content (AvgIpc) is 2.91. The molecule has 2 rings (SSSR count). The smallest absolute Gasteiger partial charge is 0.225 e. The predicted molar refractivity (Wildman–Crippen MR) is 72.6 cm³/mol. The first-order chi connectivity index (χ1) is 9.28. The van der Waals surface area contributed by atoms with E-state index in [0.29, 0.717) is 31.0 Å². The molecule has 2 aromatic heterocycles. The van der Waals surface area contributed by atoms with Gasteiger partial charge in [0.15, 0.2) is 0 Å². The fourth-order valence-corrected chi connectivity index (χ4v) is 1.52. The van der Waals surface area contributed by atoms with E-state index in [-0.39, 0.29) is 5.91 Å². The lowest BCUT2D eigenvalue weighted by atomic mass is 10.3. The molecule has 0 radical (unpaired) electrons. The molecule has 4 N–H and O–H groups in total. The zero-order chi connectivity index (χ0) is 13.5. The molecule has 6 heteroatoms. The number of amides is 1. The largest absolute Gasteiger partial charge is 0.467 e. The molecule has 0 saturated heterocycles. The number of aromatic nitrogens is 1. The predicted octanol–water partition coefficient (Wildman–Crippen LogP) is 1.57. The number of nitrogens with zero attached hydrogens (tertiary/aromatic N) is 1. The van der Waals surface area contributed by atoms with E-state index < -0.39 is 0 Å². The molecular formula is C13H16N4O2. The molecule has 0 saturated carbocycles. The van der Waals surface area contributed by atoms with Crippen molar-refractivity contribution in [2.75, 3.05) is 17.2 Å². The van der Waals surface area contributed by atoms with Crippen LogP contribution in [0, 0.1) is 0 Å². The number of pyridine rings is 1. The van der Waals surface area contributed by atoms with Crippen LogP contribution < -0.4 is 16.4 Å². The highest BCUT2D eigenvalue weighted by atomic mass is 16.3. The van der Waals surface area contributed by atoms with Gasteiger partial charge in [0.1, 0.15) is 11.6 Å². The zero-order valence-electron chi connectivity index (χ0n) is 10.4. The van der Waals surface area contributed by atoms with E-state index in [9.17, 15) is 4.79 Å². The molecule has 0 aromatic carbocycles. The minimum absolute atomic E-state index is 0.111. The third-order valence-corrected chi connectivity index (χ3v) is 2.44. The molecule has 0 bridgehead atoms. The highest BCUT2D eigenvalue weighted by Crippen LogP contribution is 2.11. The molecule has 0 aliphatic heterocycles. The van der Waals surface area contributed by atoms with Gasteiger partial charge in [0.05, 0.1) is 24.7 Å². The van der Waals surface area contributed by atoms with E-state index in [1.165, 1.54) is 0 Å². The van der Waals surface area contributed by atoms with Gasteiger partial charge >= 0.3 is 0 Å². The minimum Gasteiger partial charge on any atom is -0.467 e. The SMILES string of the molecule is NCCC(=O)Nc1ccc(NCc2ccco2)nc1. The van der Waals surface area contributed by atoms with E-state index in [1.807, 2.05) is 12.1 Å². The van der Waals surface area contributed by atoms with E-state index >= 15 is 0 Å². The molecule has 6 nitrogen and oxygen atoms in total. The Labute approximate surface area is 111 Å². The lowest BCUT2D eigenvalue weighted by molar-refractivity contribution is -0.116. The molecule has 0 aliphatic carbocycles. The fraction of sp³-hybridized carbons (Fsp3) is 0.231. The summed E-state index contributed by atoms with van der Waals surface area (Å²) >= 11 is 0. The second-order valence-electron chi connectivity index (χ2n) is 3.95. The Bertz CT molecular complexity index is 508. The molecule has 2 aromatic rings. The molecule has 1 amide bonds. The second kappa shape index (κ2) is 6.55. The molecule has 100 valence electrons. The van der Waals surface area contributed by atoms with Crippen LogP contribution in [0.15, 0.2) is 41.1 Å². The third kappa shape index (κ3) is 4.11. The minimum atomic E-state index is -0.111. The van der Waals surface area contributed by atoms with Crippen LogP contribution in [0.4, 0.5) is 11.5 Å². The first-order valence-corrected chi connectivity index (χ1v) is 6.00. The van der Waals surface area contributed by atoms with Crippen LogP contribution in [-0.4, -0.2) is 17.4 Å². The van der Waals surface area contributed by atoms with Crippen molar-refractivity contribution in [2.45, 2.75) is 13.0 Å². The van der Waals surface area contributed by atoms with Gasteiger partial charge in [-0.15, -0.1) is 0 Å². The summed E-state index contributed by atoms with van der Waals surface area (Å²) in [6, 6.07) is 7.29. The summed E-state index contributed by atoms with van der Waals surface area (Å²) in [5.74, 6) is 1.44. The van der Waals surface area contributed by atoms with E-state index in [4.69, 9.17) is 10.2 Å². The fourth-order valence-electron chi connectivity index (χ4n) is 1.52. The number of furan rings is 1. The van der Waals surface area contributed by atoms with E-state index in [1.54, 1.807) is 24.6 Å². The maximum Gasteiger partial charge on any atom is 0.225 e. The van der Waals surface area contributed by atoms with Gasteiger partial charge in [-0.25, -0.2) is 4.98 Å².